The number of methoxy groups -OCH3 is 1. The van der Waals surface area contributed by atoms with Crippen molar-refractivity contribution >= 4 is 18.0 Å². The molecule has 1 heterocycles. The van der Waals surface area contributed by atoms with Gasteiger partial charge in [-0.15, -0.1) is 0 Å². The van der Waals surface area contributed by atoms with Gasteiger partial charge in [0.2, 0.25) is 6.79 Å². The Morgan fingerprint density at radius 2 is 1.93 bits per heavy atom. The van der Waals surface area contributed by atoms with Gasteiger partial charge in [-0.05, 0) is 48.4 Å². The van der Waals surface area contributed by atoms with E-state index in [-0.39, 0.29) is 18.9 Å². The Morgan fingerprint density at radius 1 is 1.20 bits per heavy atom. The van der Waals surface area contributed by atoms with Crippen molar-refractivity contribution in [2.24, 2.45) is 0 Å². The first-order chi connectivity index (χ1) is 14.5. The van der Waals surface area contributed by atoms with Gasteiger partial charge < -0.3 is 24.3 Å². The minimum absolute atomic E-state index is 0.170. The van der Waals surface area contributed by atoms with Gasteiger partial charge in [0.05, 0.1) is 7.11 Å². The highest BCUT2D eigenvalue weighted by molar-refractivity contribution is 5.99. The second-order valence-corrected chi connectivity index (χ2v) is 6.40. The van der Waals surface area contributed by atoms with E-state index in [1.165, 1.54) is 13.0 Å². The second kappa shape index (κ2) is 9.47. The van der Waals surface area contributed by atoms with Crippen LogP contribution in [0.15, 0.2) is 48.0 Å². The Bertz CT molecular complexity index is 1010. The average molecular weight is 408 g/mol. The van der Waals surface area contributed by atoms with E-state index in [9.17, 15) is 14.9 Å². The van der Waals surface area contributed by atoms with Gasteiger partial charge >= 0.3 is 5.97 Å². The van der Waals surface area contributed by atoms with Crippen LogP contribution in [0.4, 0.5) is 0 Å². The first-order valence-corrected chi connectivity index (χ1v) is 9.13. The molecule has 1 atom stereocenters. The number of carbonyl (C=O) groups excluding carboxylic acids is 2. The third-order valence-electron chi connectivity index (χ3n) is 4.32. The molecule has 1 aliphatic heterocycles. The molecule has 30 heavy (non-hydrogen) atoms. The largest absolute Gasteiger partial charge is 0.497 e. The van der Waals surface area contributed by atoms with Crippen molar-refractivity contribution in [1.82, 2.24) is 5.32 Å². The third kappa shape index (κ3) is 5.08. The fraction of sp³-hybridized carbons (Fsp3) is 0.227. The molecule has 0 unspecified atom stereocenters. The van der Waals surface area contributed by atoms with Crippen LogP contribution in [-0.2, 0) is 20.9 Å². The van der Waals surface area contributed by atoms with Gasteiger partial charge in [0.15, 0.2) is 17.6 Å². The summed E-state index contributed by atoms with van der Waals surface area (Å²) in [7, 11) is 1.54. The zero-order chi connectivity index (χ0) is 21.5. The molecule has 0 saturated heterocycles. The van der Waals surface area contributed by atoms with Crippen molar-refractivity contribution < 1.29 is 28.5 Å². The van der Waals surface area contributed by atoms with E-state index in [1.54, 1.807) is 55.6 Å². The summed E-state index contributed by atoms with van der Waals surface area (Å²) >= 11 is 0. The molecule has 0 aromatic heterocycles. The van der Waals surface area contributed by atoms with Crippen LogP contribution in [0, 0.1) is 11.3 Å². The first-order valence-electron chi connectivity index (χ1n) is 9.13. The summed E-state index contributed by atoms with van der Waals surface area (Å²) in [5.74, 6) is 0.561. The lowest BCUT2D eigenvalue weighted by Crippen LogP contribution is -2.35. The summed E-state index contributed by atoms with van der Waals surface area (Å²) < 4.78 is 20.7. The number of carbonyl (C=O) groups is 2. The molecule has 1 N–H and O–H groups in total. The maximum Gasteiger partial charge on any atom is 0.349 e. The predicted octanol–water partition coefficient (Wildman–Crippen LogP) is 2.58. The van der Waals surface area contributed by atoms with Crippen LogP contribution in [0.25, 0.3) is 6.08 Å². The van der Waals surface area contributed by atoms with E-state index < -0.39 is 18.0 Å². The molecule has 8 heteroatoms. The molecule has 0 bridgehead atoms. The summed E-state index contributed by atoms with van der Waals surface area (Å²) in [5.41, 5.74) is 1.23. The lowest BCUT2D eigenvalue weighted by Gasteiger charge is -2.13. The van der Waals surface area contributed by atoms with E-state index in [2.05, 4.69) is 5.32 Å². The maximum absolute atomic E-state index is 12.3. The summed E-state index contributed by atoms with van der Waals surface area (Å²) in [6, 6.07) is 13.9. The molecule has 0 fully saturated rings. The van der Waals surface area contributed by atoms with Gasteiger partial charge in [0.25, 0.3) is 5.91 Å². The minimum atomic E-state index is -1.07. The highest BCUT2D eigenvalue weighted by Gasteiger charge is 2.21. The van der Waals surface area contributed by atoms with Crippen molar-refractivity contribution in [3.63, 3.8) is 0 Å². The number of hydrogen-bond acceptors (Lipinski definition) is 7. The van der Waals surface area contributed by atoms with Crippen LogP contribution in [0.3, 0.4) is 0 Å². The number of amides is 1. The maximum atomic E-state index is 12.3. The lowest BCUT2D eigenvalue weighted by atomic mass is 10.1. The van der Waals surface area contributed by atoms with E-state index in [1.807, 2.05) is 0 Å². The SMILES string of the molecule is COc1ccc(/C=C(\C#N)C(=O)O[C@@H](C)C(=O)NCc2ccc3c(c2)OCO3)cc1. The summed E-state index contributed by atoms with van der Waals surface area (Å²) in [6.07, 6.45) is 0.318. The molecule has 154 valence electrons. The number of fused-ring (bicyclic) bond motifs is 1. The fourth-order valence-electron chi connectivity index (χ4n) is 2.67. The smallest absolute Gasteiger partial charge is 0.349 e. The number of nitrogens with one attached hydrogen (secondary N) is 1. The average Bonchev–Trinajstić information content (AvgIpc) is 3.23. The Labute approximate surface area is 173 Å². The van der Waals surface area contributed by atoms with Crippen LogP contribution in [0.5, 0.6) is 17.2 Å². The van der Waals surface area contributed by atoms with Crippen molar-refractivity contribution in [2.75, 3.05) is 13.9 Å². The number of benzene rings is 2. The second-order valence-electron chi connectivity index (χ2n) is 6.40. The molecule has 0 saturated carbocycles. The minimum Gasteiger partial charge on any atom is -0.497 e. The normalized spacial score (nSPS) is 13.2. The Morgan fingerprint density at radius 3 is 2.63 bits per heavy atom. The van der Waals surface area contributed by atoms with Crippen LogP contribution in [0.2, 0.25) is 0 Å². The van der Waals surface area contributed by atoms with Crippen molar-refractivity contribution in [2.45, 2.75) is 19.6 Å². The van der Waals surface area contributed by atoms with E-state index in [0.29, 0.717) is 22.8 Å². The van der Waals surface area contributed by atoms with E-state index >= 15 is 0 Å². The van der Waals surface area contributed by atoms with E-state index in [0.717, 1.165) is 5.56 Å². The Balaban J connectivity index is 1.55. The first kappa shape index (κ1) is 20.7. The molecule has 0 radical (unpaired) electrons. The van der Waals surface area contributed by atoms with Crippen LogP contribution in [-0.4, -0.2) is 31.9 Å². The molecule has 2 aromatic rings. The number of ether oxygens (including phenoxy) is 4. The van der Waals surface area contributed by atoms with Crippen molar-refractivity contribution in [3.8, 4) is 23.3 Å². The molecule has 0 aliphatic carbocycles. The number of hydrogen-bond donors (Lipinski definition) is 1. The van der Waals surface area contributed by atoms with Gasteiger partial charge in [-0.25, -0.2) is 4.79 Å². The summed E-state index contributed by atoms with van der Waals surface area (Å²) in [4.78, 5) is 24.5. The molecular formula is C22H20N2O6. The van der Waals surface area contributed by atoms with Gasteiger partial charge in [-0.1, -0.05) is 18.2 Å². The van der Waals surface area contributed by atoms with Crippen LogP contribution < -0.4 is 19.5 Å². The Hall–Kier alpha value is -3.99. The molecule has 2 aromatic carbocycles. The zero-order valence-corrected chi connectivity index (χ0v) is 16.5. The molecule has 1 aliphatic rings. The Kier molecular flexibility index (Phi) is 6.55. The third-order valence-corrected chi connectivity index (χ3v) is 4.32. The van der Waals surface area contributed by atoms with Gasteiger partial charge in [-0.2, -0.15) is 5.26 Å². The van der Waals surface area contributed by atoms with Crippen LogP contribution in [0.1, 0.15) is 18.1 Å². The van der Waals surface area contributed by atoms with Crippen molar-refractivity contribution in [3.05, 3.63) is 59.2 Å². The molecular weight excluding hydrogens is 388 g/mol. The molecule has 0 spiro atoms. The predicted molar refractivity (Wildman–Crippen MR) is 107 cm³/mol. The molecule has 3 rings (SSSR count). The van der Waals surface area contributed by atoms with Gasteiger partial charge in [-0.3, -0.25) is 4.79 Å². The van der Waals surface area contributed by atoms with E-state index in [4.69, 9.17) is 18.9 Å². The standard InChI is InChI=1S/C22H20N2O6/c1-14(21(25)24-12-16-5-8-19-20(10-16)29-13-28-19)30-22(26)17(11-23)9-15-3-6-18(27-2)7-4-15/h3-10,14H,12-13H2,1-2H3,(H,24,25)/b17-9+/t14-/m0/s1. The number of nitriles is 1. The number of rotatable bonds is 7. The monoisotopic (exact) mass is 408 g/mol. The fourth-order valence-corrected chi connectivity index (χ4v) is 2.67. The highest BCUT2D eigenvalue weighted by atomic mass is 16.7. The van der Waals surface area contributed by atoms with Crippen molar-refractivity contribution in [1.29, 1.82) is 5.26 Å². The molecule has 8 nitrogen and oxygen atoms in total. The summed E-state index contributed by atoms with van der Waals surface area (Å²) in [5, 5.41) is 12.0. The van der Waals surface area contributed by atoms with Gasteiger partial charge in [0.1, 0.15) is 17.4 Å². The summed E-state index contributed by atoms with van der Waals surface area (Å²) in [6.45, 7) is 1.84. The zero-order valence-electron chi connectivity index (χ0n) is 16.5. The highest BCUT2D eigenvalue weighted by Crippen LogP contribution is 2.32. The lowest BCUT2D eigenvalue weighted by molar-refractivity contribution is -0.150. The van der Waals surface area contributed by atoms with Gasteiger partial charge in [0, 0.05) is 6.54 Å². The number of nitrogens with zero attached hydrogens (tertiary/aromatic N) is 1. The topological polar surface area (TPSA) is 107 Å². The molecule has 1 amide bonds. The van der Waals surface area contributed by atoms with Crippen LogP contribution >= 0.6 is 0 Å². The number of esters is 1. The quantitative estimate of drug-likeness (QED) is 0.426.